The van der Waals surface area contributed by atoms with E-state index in [1.165, 1.54) is 7.11 Å². The van der Waals surface area contributed by atoms with Crippen LogP contribution in [0.3, 0.4) is 0 Å². The van der Waals surface area contributed by atoms with Crippen LogP contribution >= 0.6 is 0 Å². The molecule has 0 N–H and O–H groups in total. The van der Waals surface area contributed by atoms with Gasteiger partial charge in [0.1, 0.15) is 5.41 Å². The fourth-order valence-corrected chi connectivity index (χ4v) is 6.10. The number of esters is 1. The summed E-state index contributed by atoms with van der Waals surface area (Å²) in [6.07, 6.45) is 6.73. The number of hydrogen-bond donors (Lipinski definition) is 0. The lowest BCUT2D eigenvalue weighted by Gasteiger charge is -2.58. The van der Waals surface area contributed by atoms with Crippen LogP contribution in [0.15, 0.2) is 11.6 Å². The molecule has 3 aliphatic carbocycles. The number of Topliss-reactive ketones (excluding diaryl/α,β-unsaturated/α-hetero) is 1. The Hall–Kier alpha value is -1.20. The van der Waals surface area contributed by atoms with Crippen molar-refractivity contribution in [2.75, 3.05) is 20.3 Å². The van der Waals surface area contributed by atoms with Crippen molar-refractivity contribution < 1.29 is 23.8 Å². The number of rotatable bonds is 1. The average Bonchev–Trinajstić information content (AvgIpc) is 3.08. The van der Waals surface area contributed by atoms with Gasteiger partial charge in [-0.1, -0.05) is 25.5 Å². The van der Waals surface area contributed by atoms with E-state index in [0.29, 0.717) is 26.1 Å². The van der Waals surface area contributed by atoms with Crippen LogP contribution in [0.2, 0.25) is 0 Å². The highest BCUT2D eigenvalue weighted by Crippen LogP contribution is 2.63. The van der Waals surface area contributed by atoms with E-state index in [2.05, 4.69) is 19.9 Å². The second-order valence-electron chi connectivity index (χ2n) is 8.43. The zero-order valence-corrected chi connectivity index (χ0v) is 15.4. The molecule has 138 valence electrons. The van der Waals surface area contributed by atoms with Crippen molar-refractivity contribution in [3.8, 4) is 0 Å². The number of carbonyl (C=O) groups is 2. The number of ether oxygens (including phenoxy) is 3. The molecule has 2 saturated carbocycles. The van der Waals surface area contributed by atoms with Crippen molar-refractivity contribution in [3.63, 3.8) is 0 Å². The summed E-state index contributed by atoms with van der Waals surface area (Å²) in [4.78, 5) is 26.1. The molecule has 1 aliphatic heterocycles. The normalized spacial score (nSPS) is 38.7. The van der Waals surface area contributed by atoms with Gasteiger partial charge in [0.15, 0.2) is 11.6 Å². The predicted octanol–water partition coefficient (Wildman–Crippen LogP) is 3.02. The Morgan fingerprint density at radius 3 is 2.64 bits per heavy atom. The van der Waals surface area contributed by atoms with Crippen molar-refractivity contribution in [3.05, 3.63) is 11.6 Å². The highest BCUT2D eigenvalue weighted by molar-refractivity contribution is 6.05. The van der Waals surface area contributed by atoms with Crippen LogP contribution in [0.25, 0.3) is 0 Å². The number of fused-ring (bicyclic) bond motifs is 3. The Kier molecular flexibility index (Phi) is 3.89. The van der Waals surface area contributed by atoms with Gasteiger partial charge in [-0.3, -0.25) is 9.59 Å². The molecular weight excluding hydrogens is 320 g/mol. The maximum Gasteiger partial charge on any atom is 0.320 e. The first-order chi connectivity index (χ1) is 11.9. The van der Waals surface area contributed by atoms with E-state index in [4.69, 9.17) is 14.2 Å². The molecule has 4 rings (SSSR count). The molecule has 5 nitrogen and oxygen atoms in total. The number of hydrogen-bond acceptors (Lipinski definition) is 5. The molecule has 0 bridgehead atoms. The fourth-order valence-electron chi connectivity index (χ4n) is 6.10. The summed E-state index contributed by atoms with van der Waals surface area (Å²) in [6, 6.07) is 0. The first kappa shape index (κ1) is 17.2. The summed E-state index contributed by atoms with van der Waals surface area (Å²) < 4.78 is 17.3. The van der Waals surface area contributed by atoms with Crippen molar-refractivity contribution in [1.82, 2.24) is 0 Å². The third kappa shape index (κ3) is 2.02. The Balaban J connectivity index is 1.83. The van der Waals surface area contributed by atoms with Gasteiger partial charge in [0, 0.05) is 24.2 Å². The average molecular weight is 348 g/mol. The lowest BCUT2D eigenvalue weighted by atomic mass is 9.47. The molecule has 0 unspecified atom stereocenters. The summed E-state index contributed by atoms with van der Waals surface area (Å²) in [6.45, 7) is 5.47. The van der Waals surface area contributed by atoms with E-state index < -0.39 is 11.2 Å². The molecule has 0 aromatic heterocycles. The van der Waals surface area contributed by atoms with Crippen molar-refractivity contribution in [1.29, 1.82) is 0 Å². The number of carbonyl (C=O) groups excluding carboxylic acids is 2. The lowest BCUT2D eigenvalue weighted by Crippen LogP contribution is -2.62. The van der Waals surface area contributed by atoms with Gasteiger partial charge in [0.25, 0.3) is 0 Å². The van der Waals surface area contributed by atoms with Crippen molar-refractivity contribution in [2.24, 2.45) is 22.7 Å². The summed E-state index contributed by atoms with van der Waals surface area (Å²) in [5.74, 6) is -0.925. The molecule has 3 fully saturated rings. The largest absolute Gasteiger partial charge is 0.468 e. The Morgan fingerprint density at radius 1 is 1.24 bits per heavy atom. The van der Waals surface area contributed by atoms with Crippen LogP contribution in [0, 0.1) is 22.7 Å². The van der Waals surface area contributed by atoms with Gasteiger partial charge in [0.05, 0.1) is 20.3 Å². The van der Waals surface area contributed by atoms with Crippen LogP contribution in [0.5, 0.6) is 0 Å². The highest BCUT2D eigenvalue weighted by atomic mass is 16.7. The van der Waals surface area contributed by atoms with Crippen molar-refractivity contribution in [2.45, 2.75) is 58.2 Å². The minimum Gasteiger partial charge on any atom is -0.468 e. The Labute approximate surface area is 149 Å². The third-order valence-electron chi connectivity index (χ3n) is 7.32. The van der Waals surface area contributed by atoms with E-state index in [0.717, 1.165) is 31.3 Å². The molecule has 0 amide bonds. The van der Waals surface area contributed by atoms with Crippen molar-refractivity contribution >= 4 is 11.8 Å². The highest BCUT2D eigenvalue weighted by Gasteiger charge is 2.67. The molecule has 1 saturated heterocycles. The second-order valence-corrected chi connectivity index (χ2v) is 8.43. The van der Waals surface area contributed by atoms with Gasteiger partial charge in [-0.25, -0.2) is 0 Å². The smallest absolute Gasteiger partial charge is 0.320 e. The molecule has 25 heavy (non-hydrogen) atoms. The topological polar surface area (TPSA) is 61.8 Å². The zero-order valence-electron chi connectivity index (χ0n) is 15.4. The molecule has 5 heteroatoms. The maximum atomic E-state index is 13.1. The molecule has 4 aliphatic rings. The lowest BCUT2D eigenvalue weighted by molar-refractivity contribution is -0.240. The molecule has 0 aromatic carbocycles. The number of ketones is 1. The first-order valence-corrected chi connectivity index (χ1v) is 9.50. The number of methoxy groups -OCH3 is 1. The Bertz CT molecular complexity index is 618. The molecule has 3 atom stereocenters. The van der Waals surface area contributed by atoms with Crippen LogP contribution in [0.1, 0.15) is 52.4 Å². The van der Waals surface area contributed by atoms with E-state index >= 15 is 0 Å². The van der Waals surface area contributed by atoms with Gasteiger partial charge in [0.2, 0.25) is 0 Å². The SMILES string of the molecule is COC(=O)[C@@]12C(=O)CCC[C@@H]1CC=C1[C@@H]2CCC2(OCCO2)C1(C)C. The van der Waals surface area contributed by atoms with Crippen LogP contribution < -0.4 is 0 Å². The molecule has 0 aromatic rings. The van der Waals surface area contributed by atoms with Crippen LogP contribution in [-0.2, 0) is 23.8 Å². The second kappa shape index (κ2) is 5.65. The molecule has 0 radical (unpaired) electrons. The fraction of sp³-hybridized carbons (Fsp3) is 0.800. The van der Waals surface area contributed by atoms with E-state index in [1.807, 2.05) is 0 Å². The summed E-state index contributed by atoms with van der Waals surface area (Å²) in [7, 11) is 1.41. The molecular formula is C20H28O5. The predicted molar refractivity (Wildman–Crippen MR) is 90.6 cm³/mol. The molecule has 1 spiro atoms. The van der Waals surface area contributed by atoms with E-state index in [-0.39, 0.29) is 29.0 Å². The Morgan fingerprint density at radius 2 is 1.96 bits per heavy atom. The first-order valence-electron chi connectivity index (χ1n) is 9.50. The van der Waals surface area contributed by atoms with E-state index in [1.54, 1.807) is 0 Å². The summed E-state index contributed by atoms with van der Waals surface area (Å²) in [5, 5.41) is 0. The van der Waals surface area contributed by atoms with Gasteiger partial charge >= 0.3 is 5.97 Å². The van der Waals surface area contributed by atoms with Crippen LogP contribution in [-0.4, -0.2) is 37.9 Å². The number of allylic oxidation sites excluding steroid dienone is 1. The van der Waals surface area contributed by atoms with Gasteiger partial charge in [-0.2, -0.15) is 0 Å². The van der Waals surface area contributed by atoms with Gasteiger partial charge < -0.3 is 14.2 Å². The van der Waals surface area contributed by atoms with Gasteiger partial charge in [-0.15, -0.1) is 0 Å². The van der Waals surface area contributed by atoms with E-state index in [9.17, 15) is 9.59 Å². The van der Waals surface area contributed by atoms with Crippen LogP contribution in [0.4, 0.5) is 0 Å². The zero-order chi connectivity index (χ0) is 17.9. The summed E-state index contributed by atoms with van der Waals surface area (Å²) >= 11 is 0. The summed E-state index contributed by atoms with van der Waals surface area (Å²) in [5.41, 5.74) is -0.220. The minimum atomic E-state index is -1.01. The molecule has 1 heterocycles. The standard InChI is InChI=1S/C20H28O5/c1-18(2)14-8-7-13-5-4-6-16(21)20(13,17(22)23-3)15(14)9-10-19(18)24-11-12-25-19/h8,13,15H,4-7,9-12H2,1-3H3/t13-,15+,20+/m1/s1. The van der Waals surface area contributed by atoms with Gasteiger partial charge in [-0.05, 0) is 31.6 Å². The monoisotopic (exact) mass is 348 g/mol. The maximum absolute atomic E-state index is 13.1. The quantitative estimate of drug-likeness (QED) is 0.414. The third-order valence-corrected chi connectivity index (χ3v) is 7.32. The minimum absolute atomic E-state index is 0.0604.